The molecule has 2 aromatic carbocycles. The first-order valence-electron chi connectivity index (χ1n) is 7.01. The van der Waals surface area contributed by atoms with Crippen LogP contribution >= 0.6 is 11.6 Å². The second-order valence-electron chi connectivity index (χ2n) is 4.89. The van der Waals surface area contributed by atoms with Gasteiger partial charge in [-0.05, 0) is 43.3 Å². The highest BCUT2D eigenvalue weighted by atomic mass is 35.5. The molecule has 5 nitrogen and oxygen atoms in total. The summed E-state index contributed by atoms with van der Waals surface area (Å²) in [6, 6.07) is 10.1. The van der Waals surface area contributed by atoms with Crippen molar-refractivity contribution < 1.29 is 23.5 Å². The molecule has 0 saturated carbocycles. The minimum atomic E-state index is -0.909. The zero-order valence-electron chi connectivity index (χ0n) is 13.0. The van der Waals surface area contributed by atoms with E-state index < -0.39 is 23.8 Å². The summed E-state index contributed by atoms with van der Waals surface area (Å²) in [4.78, 5) is 23.6. The number of nitrogens with one attached hydrogen (secondary N) is 1. The van der Waals surface area contributed by atoms with Crippen LogP contribution in [-0.2, 0) is 9.53 Å². The van der Waals surface area contributed by atoms with E-state index >= 15 is 0 Å². The van der Waals surface area contributed by atoms with E-state index in [0.717, 1.165) is 6.07 Å². The lowest BCUT2D eigenvalue weighted by molar-refractivity contribution is -0.122. The normalized spacial score (nSPS) is 11.5. The summed E-state index contributed by atoms with van der Waals surface area (Å²) < 4.78 is 23.8. The molecule has 0 fully saturated rings. The number of carbonyl (C=O) groups excluding carboxylic acids is 2. The van der Waals surface area contributed by atoms with Gasteiger partial charge in [0.2, 0.25) is 0 Å². The molecule has 0 aliphatic heterocycles. The number of esters is 1. The molecule has 0 aromatic heterocycles. The molecule has 1 atom stereocenters. The van der Waals surface area contributed by atoms with Gasteiger partial charge in [-0.25, -0.2) is 9.18 Å². The highest BCUT2D eigenvalue weighted by Gasteiger charge is 2.17. The fraction of sp³-hybridized carbons (Fsp3) is 0.176. The Morgan fingerprint density at radius 2 is 1.96 bits per heavy atom. The van der Waals surface area contributed by atoms with Crippen molar-refractivity contribution in [3.8, 4) is 5.75 Å². The number of anilines is 1. The lowest BCUT2D eigenvalue weighted by Crippen LogP contribution is -2.30. The molecule has 0 bridgehead atoms. The van der Waals surface area contributed by atoms with E-state index in [4.69, 9.17) is 16.3 Å². The average Bonchev–Trinajstić information content (AvgIpc) is 2.56. The molecule has 0 unspecified atom stereocenters. The zero-order chi connectivity index (χ0) is 17.7. The molecule has 0 aliphatic carbocycles. The predicted molar refractivity (Wildman–Crippen MR) is 87.9 cm³/mol. The maximum absolute atomic E-state index is 13.7. The molecule has 1 amide bonds. The number of methoxy groups -OCH3 is 1. The van der Waals surface area contributed by atoms with E-state index in [1.807, 2.05) is 0 Å². The lowest BCUT2D eigenvalue weighted by Gasteiger charge is -2.15. The quantitative estimate of drug-likeness (QED) is 0.835. The summed E-state index contributed by atoms with van der Waals surface area (Å²) in [6.07, 6.45) is -0.909. The fourth-order valence-electron chi connectivity index (χ4n) is 1.90. The highest BCUT2D eigenvalue weighted by molar-refractivity contribution is 6.30. The zero-order valence-corrected chi connectivity index (χ0v) is 13.8. The molecular formula is C17H15ClFNO4. The third-order valence-corrected chi connectivity index (χ3v) is 3.36. The SMILES string of the molecule is COC(=O)c1cccc(O[C@@H](C)C(=O)Nc2ccc(Cl)cc2F)c1. The summed E-state index contributed by atoms with van der Waals surface area (Å²) in [5.74, 6) is -1.38. The van der Waals surface area contributed by atoms with Crippen LogP contribution in [0.3, 0.4) is 0 Å². The number of ether oxygens (including phenoxy) is 2. The van der Waals surface area contributed by atoms with Crippen molar-refractivity contribution in [2.75, 3.05) is 12.4 Å². The number of halogens is 2. The molecule has 2 aromatic rings. The number of carbonyl (C=O) groups is 2. The topological polar surface area (TPSA) is 64.6 Å². The molecule has 126 valence electrons. The Morgan fingerprint density at radius 3 is 2.62 bits per heavy atom. The van der Waals surface area contributed by atoms with E-state index in [1.54, 1.807) is 18.2 Å². The minimum absolute atomic E-state index is 0.00293. The molecular weight excluding hydrogens is 337 g/mol. The van der Waals surface area contributed by atoms with Crippen LogP contribution in [-0.4, -0.2) is 25.1 Å². The van der Waals surface area contributed by atoms with E-state index in [2.05, 4.69) is 10.1 Å². The molecule has 0 spiro atoms. The van der Waals surface area contributed by atoms with Crippen LogP contribution in [0.5, 0.6) is 5.75 Å². The third-order valence-electron chi connectivity index (χ3n) is 3.13. The van der Waals surface area contributed by atoms with Crippen molar-refractivity contribution in [3.05, 3.63) is 58.9 Å². The molecule has 0 radical (unpaired) electrons. The van der Waals surface area contributed by atoms with Crippen LogP contribution < -0.4 is 10.1 Å². The minimum Gasteiger partial charge on any atom is -0.481 e. The standard InChI is InChI=1S/C17H15ClFNO4/c1-10(16(21)20-15-7-6-12(18)9-14(15)19)24-13-5-3-4-11(8-13)17(22)23-2/h3-10H,1-2H3,(H,20,21)/t10-/m0/s1. The maximum atomic E-state index is 13.7. The van der Waals surface area contributed by atoms with Gasteiger partial charge < -0.3 is 14.8 Å². The Kier molecular flexibility index (Phi) is 5.76. The fourth-order valence-corrected chi connectivity index (χ4v) is 2.06. The molecule has 0 heterocycles. The van der Waals surface area contributed by atoms with Crippen molar-refractivity contribution in [1.29, 1.82) is 0 Å². The number of hydrogen-bond acceptors (Lipinski definition) is 4. The first-order chi connectivity index (χ1) is 11.4. The van der Waals surface area contributed by atoms with Crippen LogP contribution in [0.4, 0.5) is 10.1 Å². The summed E-state index contributed by atoms with van der Waals surface area (Å²) >= 11 is 5.66. The van der Waals surface area contributed by atoms with Crippen LogP contribution in [0, 0.1) is 5.82 Å². The van der Waals surface area contributed by atoms with Crippen LogP contribution in [0.1, 0.15) is 17.3 Å². The number of rotatable bonds is 5. The Hall–Kier alpha value is -2.60. The molecule has 24 heavy (non-hydrogen) atoms. The van der Waals surface area contributed by atoms with E-state index in [-0.39, 0.29) is 10.7 Å². The second kappa shape index (κ2) is 7.79. The Bertz CT molecular complexity index is 766. The number of hydrogen-bond donors (Lipinski definition) is 1. The lowest BCUT2D eigenvalue weighted by atomic mass is 10.2. The highest BCUT2D eigenvalue weighted by Crippen LogP contribution is 2.20. The van der Waals surface area contributed by atoms with Gasteiger partial charge in [-0.3, -0.25) is 4.79 Å². The van der Waals surface area contributed by atoms with E-state index in [9.17, 15) is 14.0 Å². The van der Waals surface area contributed by atoms with Crippen LogP contribution in [0.2, 0.25) is 5.02 Å². The smallest absolute Gasteiger partial charge is 0.337 e. The average molecular weight is 352 g/mol. The summed E-state index contributed by atoms with van der Waals surface area (Å²) in [5.41, 5.74) is 0.300. The maximum Gasteiger partial charge on any atom is 0.337 e. The summed E-state index contributed by atoms with van der Waals surface area (Å²) in [6.45, 7) is 1.51. The van der Waals surface area contributed by atoms with Crippen molar-refractivity contribution in [3.63, 3.8) is 0 Å². The predicted octanol–water partition coefficient (Wildman–Crippen LogP) is 3.67. The van der Waals surface area contributed by atoms with Crippen LogP contribution in [0.15, 0.2) is 42.5 Å². The molecule has 7 heteroatoms. The third kappa shape index (κ3) is 4.45. The number of benzene rings is 2. The monoisotopic (exact) mass is 351 g/mol. The van der Waals surface area contributed by atoms with Crippen molar-refractivity contribution in [2.24, 2.45) is 0 Å². The van der Waals surface area contributed by atoms with Gasteiger partial charge in [-0.1, -0.05) is 17.7 Å². The molecule has 1 N–H and O–H groups in total. The molecule has 0 saturated heterocycles. The first kappa shape index (κ1) is 17.7. The van der Waals surface area contributed by atoms with Crippen molar-refractivity contribution in [1.82, 2.24) is 0 Å². The van der Waals surface area contributed by atoms with Gasteiger partial charge in [-0.2, -0.15) is 0 Å². The number of amides is 1. The van der Waals surface area contributed by atoms with Gasteiger partial charge in [0, 0.05) is 5.02 Å². The van der Waals surface area contributed by atoms with Gasteiger partial charge in [0.15, 0.2) is 6.10 Å². The van der Waals surface area contributed by atoms with Gasteiger partial charge in [0.05, 0.1) is 18.4 Å². The largest absolute Gasteiger partial charge is 0.481 e. The van der Waals surface area contributed by atoms with Crippen molar-refractivity contribution >= 4 is 29.2 Å². The first-order valence-corrected chi connectivity index (χ1v) is 7.39. The van der Waals surface area contributed by atoms with E-state index in [1.165, 1.54) is 32.2 Å². The van der Waals surface area contributed by atoms with Gasteiger partial charge in [0.25, 0.3) is 5.91 Å². The Morgan fingerprint density at radius 1 is 1.21 bits per heavy atom. The second-order valence-corrected chi connectivity index (χ2v) is 5.33. The summed E-state index contributed by atoms with van der Waals surface area (Å²) in [7, 11) is 1.27. The van der Waals surface area contributed by atoms with Crippen LogP contribution in [0.25, 0.3) is 0 Å². The molecule has 2 rings (SSSR count). The van der Waals surface area contributed by atoms with Gasteiger partial charge >= 0.3 is 5.97 Å². The van der Waals surface area contributed by atoms with Gasteiger partial charge in [0.1, 0.15) is 11.6 Å². The summed E-state index contributed by atoms with van der Waals surface area (Å²) in [5, 5.41) is 2.65. The Labute approximate surface area is 143 Å². The van der Waals surface area contributed by atoms with Crippen molar-refractivity contribution in [2.45, 2.75) is 13.0 Å². The Balaban J connectivity index is 2.05. The molecule has 0 aliphatic rings. The van der Waals surface area contributed by atoms with E-state index in [0.29, 0.717) is 11.3 Å². The van der Waals surface area contributed by atoms with Gasteiger partial charge in [-0.15, -0.1) is 0 Å².